The molecule has 20 heavy (non-hydrogen) atoms. The maximum Gasteiger partial charge on any atom is 0.326 e. The Balaban J connectivity index is 2.12. The van der Waals surface area contributed by atoms with Crippen molar-refractivity contribution in [3.05, 3.63) is 17.7 Å². The first kappa shape index (κ1) is 14.5. The highest BCUT2D eigenvalue weighted by Gasteiger charge is 2.35. The van der Waals surface area contributed by atoms with Gasteiger partial charge in [-0.1, -0.05) is 0 Å². The van der Waals surface area contributed by atoms with Crippen molar-refractivity contribution in [2.24, 2.45) is 5.73 Å². The number of hydrogen-bond acceptors (Lipinski definition) is 4. The zero-order valence-corrected chi connectivity index (χ0v) is 11.7. The van der Waals surface area contributed by atoms with E-state index < -0.39 is 17.6 Å². The molecule has 110 valence electrons. The Morgan fingerprint density at radius 2 is 2.30 bits per heavy atom. The molecule has 1 aromatic heterocycles. The van der Waals surface area contributed by atoms with Gasteiger partial charge in [-0.25, -0.2) is 9.78 Å². The maximum absolute atomic E-state index is 12.3. The molecule has 0 aromatic carbocycles. The Kier molecular flexibility index (Phi) is 3.80. The van der Waals surface area contributed by atoms with Gasteiger partial charge in [-0.15, -0.1) is 0 Å². The third-order valence-electron chi connectivity index (χ3n) is 3.49. The predicted octanol–water partition coefficient (Wildman–Crippen LogP) is 0.265. The zero-order valence-electron chi connectivity index (χ0n) is 11.7. The number of carbonyl (C=O) groups is 2. The molecule has 1 aliphatic heterocycles. The molecule has 0 aliphatic carbocycles. The van der Waals surface area contributed by atoms with E-state index in [1.165, 1.54) is 11.2 Å². The largest absolute Gasteiger partial charge is 0.480 e. The number of imidazole rings is 1. The van der Waals surface area contributed by atoms with Gasteiger partial charge < -0.3 is 20.7 Å². The number of aromatic nitrogens is 2. The number of hydrogen-bond donors (Lipinski definition) is 3. The van der Waals surface area contributed by atoms with E-state index >= 15 is 0 Å². The van der Waals surface area contributed by atoms with Crippen LogP contribution in [-0.2, 0) is 22.6 Å². The zero-order chi connectivity index (χ0) is 14.9. The first-order valence-corrected chi connectivity index (χ1v) is 6.60. The van der Waals surface area contributed by atoms with Crippen LogP contribution in [0.15, 0.2) is 6.33 Å². The molecule has 2 rings (SSSR count). The number of rotatable bonds is 4. The quantitative estimate of drug-likeness (QED) is 0.732. The number of fused-ring (bicyclic) bond motifs is 1. The molecule has 1 amide bonds. The van der Waals surface area contributed by atoms with E-state index in [2.05, 4.69) is 9.97 Å². The molecule has 0 radical (unpaired) electrons. The van der Waals surface area contributed by atoms with Gasteiger partial charge in [0.2, 0.25) is 5.91 Å². The molecule has 7 nitrogen and oxygen atoms in total. The number of carboxylic acid groups (broad SMARTS) is 1. The fourth-order valence-corrected chi connectivity index (χ4v) is 2.29. The summed E-state index contributed by atoms with van der Waals surface area (Å²) < 4.78 is 0. The van der Waals surface area contributed by atoms with Gasteiger partial charge in [0.1, 0.15) is 6.04 Å². The molecule has 2 heterocycles. The summed E-state index contributed by atoms with van der Waals surface area (Å²) in [7, 11) is 0. The highest BCUT2D eigenvalue weighted by Crippen LogP contribution is 2.22. The summed E-state index contributed by atoms with van der Waals surface area (Å²) in [5, 5.41) is 9.29. The minimum atomic E-state index is -1.00. The minimum Gasteiger partial charge on any atom is -0.480 e. The highest BCUT2D eigenvalue weighted by molar-refractivity contribution is 5.84. The predicted molar refractivity (Wildman–Crippen MR) is 71.8 cm³/mol. The molecule has 1 aromatic rings. The third-order valence-corrected chi connectivity index (χ3v) is 3.49. The Morgan fingerprint density at radius 1 is 1.60 bits per heavy atom. The van der Waals surface area contributed by atoms with Gasteiger partial charge in [-0.2, -0.15) is 0 Å². The average molecular weight is 280 g/mol. The highest BCUT2D eigenvalue weighted by atomic mass is 16.4. The van der Waals surface area contributed by atoms with Crippen LogP contribution in [0.4, 0.5) is 0 Å². The van der Waals surface area contributed by atoms with Crippen LogP contribution in [0.25, 0.3) is 0 Å². The van der Waals surface area contributed by atoms with Gasteiger partial charge in [0.15, 0.2) is 0 Å². The van der Waals surface area contributed by atoms with E-state index in [0.29, 0.717) is 6.42 Å². The molecule has 0 spiro atoms. The van der Waals surface area contributed by atoms with Crippen LogP contribution in [0.2, 0.25) is 0 Å². The summed E-state index contributed by atoms with van der Waals surface area (Å²) in [6.07, 6.45) is 2.54. The maximum atomic E-state index is 12.3. The van der Waals surface area contributed by atoms with Crippen molar-refractivity contribution in [1.82, 2.24) is 14.9 Å². The lowest BCUT2D eigenvalue weighted by Crippen LogP contribution is -2.49. The molecule has 1 atom stereocenters. The van der Waals surface area contributed by atoms with Crippen molar-refractivity contribution in [3.8, 4) is 0 Å². The first-order valence-electron chi connectivity index (χ1n) is 6.60. The molecule has 1 unspecified atom stereocenters. The van der Waals surface area contributed by atoms with Crippen molar-refractivity contribution in [2.75, 3.05) is 0 Å². The van der Waals surface area contributed by atoms with Crippen LogP contribution in [0, 0.1) is 0 Å². The van der Waals surface area contributed by atoms with Gasteiger partial charge in [-0.3, -0.25) is 4.79 Å². The van der Waals surface area contributed by atoms with E-state index in [1.54, 1.807) is 0 Å². The summed E-state index contributed by atoms with van der Waals surface area (Å²) >= 11 is 0. The smallest absolute Gasteiger partial charge is 0.326 e. The topological polar surface area (TPSA) is 112 Å². The summed E-state index contributed by atoms with van der Waals surface area (Å²) in [5.41, 5.74) is 6.95. The second-order valence-corrected chi connectivity index (χ2v) is 5.90. The van der Waals surface area contributed by atoms with E-state index in [-0.39, 0.29) is 25.3 Å². The first-order chi connectivity index (χ1) is 9.28. The standard InChI is InChI=1S/C13H20N4O3/c1-13(2,14)4-3-11(18)17-6-9-8(15-7-16-9)5-10(17)12(19)20/h7,10H,3-6,14H2,1-2H3,(H,15,16)(H,19,20). The molecular weight excluding hydrogens is 260 g/mol. The Hall–Kier alpha value is -1.89. The second-order valence-electron chi connectivity index (χ2n) is 5.90. The Morgan fingerprint density at radius 3 is 2.90 bits per heavy atom. The molecule has 1 aliphatic rings. The van der Waals surface area contributed by atoms with E-state index in [4.69, 9.17) is 5.73 Å². The van der Waals surface area contributed by atoms with Crippen molar-refractivity contribution in [3.63, 3.8) is 0 Å². The number of amides is 1. The van der Waals surface area contributed by atoms with Crippen LogP contribution in [-0.4, -0.2) is 43.4 Å². The van der Waals surface area contributed by atoms with Crippen LogP contribution >= 0.6 is 0 Å². The Bertz CT molecular complexity index is 518. The molecule has 4 N–H and O–H groups in total. The number of H-pyrrole nitrogens is 1. The SMILES string of the molecule is CC(C)(N)CCC(=O)N1Cc2[nH]cnc2CC1C(=O)O. The summed E-state index contributed by atoms with van der Waals surface area (Å²) in [6.45, 7) is 3.95. The molecule has 7 heteroatoms. The lowest BCUT2D eigenvalue weighted by Gasteiger charge is -2.33. The lowest BCUT2D eigenvalue weighted by molar-refractivity contribution is -0.151. The monoisotopic (exact) mass is 280 g/mol. The van der Waals surface area contributed by atoms with Crippen LogP contribution in [0.3, 0.4) is 0 Å². The summed E-state index contributed by atoms with van der Waals surface area (Å²) in [4.78, 5) is 32.1. The van der Waals surface area contributed by atoms with Crippen molar-refractivity contribution in [2.45, 2.75) is 51.2 Å². The van der Waals surface area contributed by atoms with E-state index in [9.17, 15) is 14.7 Å². The number of nitrogens with zero attached hydrogens (tertiary/aromatic N) is 2. The number of carboxylic acids is 1. The molecule has 0 saturated heterocycles. The summed E-state index contributed by atoms with van der Waals surface area (Å²) in [6, 6.07) is -0.848. The number of aliphatic carboxylic acids is 1. The molecule has 0 fully saturated rings. The number of aromatic amines is 1. The van der Waals surface area contributed by atoms with Gasteiger partial charge in [-0.05, 0) is 20.3 Å². The fraction of sp³-hybridized carbons (Fsp3) is 0.615. The average Bonchev–Trinajstić information content (AvgIpc) is 2.80. The van der Waals surface area contributed by atoms with Gasteiger partial charge in [0, 0.05) is 18.4 Å². The van der Waals surface area contributed by atoms with Gasteiger partial charge >= 0.3 is 5.97 Å². The van der Waals surface area contributed by atoms with E-state index in [0.717, 1.165) is 11.4 Å². The van der Waals surface area contributed by atoms with Gasteiger partial charge in [0.05, 0.1) is 24.3 Å². The minimum absolute atomic E-state index is 0.184. The lowest BCUT2D eigenvalue weighted by atomic mass is 9.97. The Labute approximate surface area is 117 Å². The van der Waals surface area contributed by atoms with Gasteiger partial charge in [0.25, 0.3) is 0 Å². The fourth-order valence-electron chi connectivity index (χ4n) is 2.29. The summed E-state index contributed by atoms with van der Waals surface area (Å²) in [5.74, 6) is -1.19. The van der Waals surface area contributed by atoms with Crippen molar-refractivity contribution < 1.29 is 14.7 Å². The van der Waals surface area contributed by atoms with Crippen LogP contribution < -0.4 is 5.73 Å². The molecular formula is C13H20N4O3. The molecule has 0 saturated carbocycles. The van der Waals surface area contributed by atoms with Crippen molar-refractivity contribution >= 4 is 11.9 Å². The third kappa shape index (κ3) is 3.16. The number of nitrogens with two attached hydrogens (primary N) is 1. The normalized spacial score (nSPS) is 18.8. The van der Waals surface area contributed by atoms with Crippen LogP contribution in [0.5, 0.6) is 0 Å². The van der Waals surface area contributed by atoms with E-state index in [1.807, 2.05) is 13.8 Å². The molecule has 0 bridgehead atoms. The van der Waals surface area contributed by atoms with Crippen LogP contribution in [0.1, 0.15) is 38.1 Å². The number of carbonyl (C=O) groups excluding carboxylic acids is 1. The second kappa shape index (κ2) is 5.24. The van der Waals surface area contributed by atoms with Crippen molar-refractivity contribution in [1.29, 1.82) is 0 Å². The number of nitrogens with one attached hydrogen (secondary N) is 1.